The number of aromatic amines is 1. The molecule has 0 unspecified atom stereocenters. The molecule has 1 saturated heterocycles. The van der Waals surface area contributed by atoms with Crippen LogP contribution in [0.15, 0.2) is 14.7 Å². The number of H-pyrrole nitrogens is 1. The predicted molar refractivity (Wildman–Crippen MR) is 113 cm³/mol. The van der Waals surface area contributed by atoms with Gasteiger partial charge in [-0.05, 0) is 13.2 Å². The molecule has 1 aliphatic rings. The molecule has 178 valence electrons. The lowest BCUT2D eigenvalue weighted by Gasteiger charge is -2.41. The summed E-state index contributed by atoms with van der Waals surface area (Å²) in [5.41, 5.74) is -1.55. The number of aromatic nitrogens is 4. The van der Waals surface area contributed by atoms with Crippen molar-refractivity contribution in [2.45, 2.75) is 57.4 Å². The zero-order valence-corrected chi connectivity index (χ0v) is 19.3. The van der Waals surface area contributed by atoms with Crippen molar-refractivity contribution in [3.05, 3.63) is 26.4 Å². The monoisotopic (exact) mass is 482 g/mol. The molecular formula is C19H22N4O9S. The maximum Gasteiger partial charge on any atom is 0.303 e. The third-order valence-corrected chi connectivity index (χ3v) is 5.24. The lowest BCUT2D eigenvalue weighted by Crippen LogP contribution is -2.57. The number of aryl methyl sites for hydroxylation is 1. The van der Waals surface area contributed by atoms with E-state index in [9.17, 15) is 24.0 Å². The van der Waals surface area contributed by atoms with Crippen molar-refractivity contribution in [3.8, 4) is 0 Å². The van der Waals surface area contributed by atoms with Gasteiger partial charge in [-0.3, -0.25) is 33.5 Å². The van der Waals surface area contributed by atoms with Crippen LogP contribution in [-0.2, 0) is 33.3 Å². The number of carbonyl (C=O) groups is 3. The van der Waals surface area contributed by atoms with Crippen molar-refractivity contribution in [2.24, 2.45) is 0 Å². The number of fused-ring (bicyclic) bond motifs is 1. The van der Waals surface area contributed by atoms with Gasteiger partial charge in [0, 0.05) is 20.8 Å². The fourth-order valence-corrected chi connectivity index (χ4v) is 3.84. The van der Waals surface area contributed by atoms with Crippen LogP contribution in [0.25, 0.3) is 11.2 Å². The average molecular weight is 482 g/mol. The molecule has 33 heavy (non-hydrogen) atoms. The third kappa shape index (κ3) is 5.06. The number of esters is 3. The molecule has 1 fully saturated rings. The lowest BCUT2D eigenvalue weighted by molar-refractivity contribution is -0.239. The Hall–Kier alpha value is -3.26. The van der Waals surface area contributed by atoms with E-state index in [-0.39, 0.29) is 28.6 Å². The molecular weight excluding hydrogens is 460 g/mol. The number of thioether (sulfide) groups is 1. The lowest BCUT2D eigenvalue weighted by atomic mass is 10.0. The number of ether oxygens (including phenoxy) is 4. The quantitative estimate of drug-likeness (QED) is 0.259. The minimum Gasteiger partial charge on any atom is -0.456 e. The molecule has 0 radical (unpaired) electrons. The molecule has 2 aromatic rings. The van der Waals surface area contributed by atoms with Gasteiger partial charge in [-0.15, -0.1) is 0 Å². The Morgan fingerprint density at radius 1 is 1.03 bits per heavy atom. The number of hydrogen-bond acceptors (Lipinski definition) is 12. The van der Waals surface area contributed by atoms with Gasteiger partial charge in [0.2, 0.25) is 0 Å². The Bertz CT molecular complexity index is 1220. The summed E-state index contributed by atoms with van der Waals surface area (Å²) in [7, 11) is 0. The van der Waals surface area contributed by atoms with Gasteiger partial charge in [-0.2, -0.15) is 0 Å². The van der Waals surface area contributed by atoms with Crippen molar-refractivity contribution < 1.29 is 33.3 Å². The van der Waals surface area contributed by atoms with Crippen molar-refractivity contribution in [1.82, 2.24) is 19.5 Å². The summed E-state index contributed by atoms with van der Waals surface area (Å²) in [6, 6.07) is 0. The highest BCUT2D eigenvalue weighted by Crippen LogP contribution is 2.31. The minimum absolute atomic E-state index is 0.0389. The third-order valence-electron chi connectivity index (χ3n) is 4.66. The first-order chi connectivity index (χ1) is 15.5. The number of rotatable bonds is 5. The maximum atomic E-state index is 13.1. The molecule has 3 rings (SSSR count). The summed E-state index contributed by atoms with van der Waals surface area (Å²) in [4.78, 5) is 71.9. The highest BCUT2D eigenvalue weighted by molar-refractivity contribution is 7.98. The van der Waals surface area contributed by atoms with E-state index in [1.54, 1.807) is 6.26 Å². The van der Waals surface area contributed by atoms with E-state index in [0.29, 0.717) is 0 Å². The largest absolute Gasteiger partial charge is 0.456 e. The van der Waals surface area contributed by atoms with Gasteiger partial charge in [0.05, 0.1) is 6.61 Å². The molecule has 14 heteroatoms. The van der Waals surface area contributed by atoms with Crippen LogP contribution >= 0.6 is 11.8 Å². The maximum absolute atomic E-state index is 13.1. The molecule has 1 aliphatic heterocycles. The SMILES string of the molecule is CSc1nc2c(nc(C)c(=O)n2[C@H]2OC[C@@H](OC(C)=O)[C@@H](OC(C)=O)[C@@H]2OC(C)=O)c(=O)[nH]1. The second-order valence-corrected chi connectivity index (χ2v) is 7.93. The molecule has 0 aliphatic carbocycles. The molecule has 1 N–H and O–H groups in total. The molecule has 0 aromatic carbocycles. The van der Waals surface area contributed by atoms with Gasteiger partial charge in [0.25, 0.3) is 11.1 Å². The van der Waals surface area contributed by atoms with Crippen molar-refractivity contribution in [3.63, 3.8) is 0 Å². The Morgan fingerprint density at radius 2 is 1.64 bits per heavy atom. The summed E-state index contributed by atoms with van der Waals surface area (Å²) in [5, 5.41) is 0.209. The summed E-state index contributed by atoms with van der Waals surface area (Å²) >= 11 is 1.13. The smallest absolute Gasteiger partial charge is 0.303 e. The van der Waals surface area contributed by atoms with E-state index in [0.717, 1.165) is 37.1 Å². The van der Waals surface area contributed by atoms with Crippen LogP contribution in [0.5, 0.6) is 0 Å². The second kappa shape index (κ2) is 9.70. The van der Waals surface area contributed by atoms with E-state index in [1.807, 2.05) is 0 Å². The van der Waals surface area contributed by atoms with Crippen molar-refractivity contribution in [2.75, 3.05) is 12.9 Å². The normalized spacial score (nSPS) is 22.6. The van der Waals surface area contributed by atoms with Crippen molar-refractivity contribution >= 4 is 40.8 Å². The molecule has 0 saturated carbocycles. The summed E-state index contributed by atoms with van der Waals surface area (Å²) in [5.74, 6) is -2.19. The van der Waals surface area contributed by atoms with E-state index in [1.165, 1.54) is 6.92 Å². The summed E-state index contributed by atoms with van der Waals surface area (Å²) < 4.78 is 22.7. The summed E-state index contributed by atoms with van der Waals surface area (Å²) in [6.45, 7) is 4.50. The van der Waals surface area contributed by atoms with E-state index in [4.69, 9.17) is 18.9 Å². The van der Waals surface area contributed by atoms with E-state index < -0.39 is 53.6 Å². The predicted octanol–water partition coefficient (Wildman–Crippen LogP) is -0.166. The number of nitrogens with zero attached hydrogens (tertiary/aromatic N) is 3. The molecule has 0 bridgehead atoms. The first kappa shape index (κ1) is 24.4. The second-order valence-electron chi connectivity index (χ2n) is 7.14. The van der Waals surface area contributed by atoms with Crippen molar-refractivity contribution in [1.29, 1.82) is 0 Å². The first-order valence-corrected chi connectivity index (χ1v) is 11.0. The molecule has 13 nitrogen and oxygen atoms in total. The van der Waals surface area contributed by atoms with Gasteiger partial charge < -0.3 is 18.9 Å². The van der Waals surface area contributed by atoms with Gasteiger partial charge >= 0.3 is 17.9 Å². The van der Waals surface area contributed by atoms with E-state index in [2.05, 4.69) is 15.0 Å². The van der Waals surface area contributed by atoms with Crippen LogP contribution in [0, 0.1) is 6.92 Å². The fraction of sp³-hybridized carbons (Fsp3) is 0.526. The average Bonchev–Trinajstić information content (AvgIpc) is 2.71. The summed E-state index contributed by atoms with van der Waals surface area (Å²) in [6.07, 6.45) is -3.52. The van der Waals surface area contributed by atoms with Gasteiger partial charge in [-0.25, -0.2) is 9.97 Å². The molecule has 0 spiro atoms. The van der Waals surface area contributed by atoms with Crippen LogP contribution in [0.1, 0.15) is 32.7 Å². The number of hydrogen-bond donors (Lipinski definition) is 1. The highest BCUT2D eigenvalue weighted by Gasteiger charge is 2.48. The van der Waals surface area contributed by atoms with Crippen LogP contribution in [-0.4, -0.2) is 68.6 Å². The van der Waals surface area contributed by atoms with E-state index >= 15 is 0 Å². The number of nitrogens with one attached hydrogen (secondary N) is 1. The van der Waals surface area contributed by atoms with Gasteiger partial charge in [-0.1, -0.05) is 11.8 Å². The topological polar surface area (TPSA) is 169 Å². The zero-order chi connectivity index (χ0) is 24.4. The van der Waals surface area contributed by atoms with Crippen LogP contribution < -0.4 is 11.1 Å². The molecule has 2 aromatic heterocycles. The Kier molecular flexibility index (Phi) is 7.17. The minimum atomic E-state index is -1.41. The molecule has 4 atom stereocenters. The standard InChI is InChI=1S/C19H22N4O9S/c1-7-17(28)23(15-12(20-7)16(27)22-19(21-15)33-5)18-14(32-10(4)26)13(31-9(3)25)11(6-29-18)30-8(2)24/h11,13-14,18H,6H2,1-5H3,(H,21,22,27)/t11-,13-,14+,18+/m1/s1. The molecule has 3 heterocycles. The Balaban J connectivity index is 2.26. The van der Waals surface area contributed by atoms with Crippen LogP contribution in [0.2, 0.25) is 0 Å². The number of carbonyl (C=O) groups excluding carboxylic acids is 3. The first-order valence-electron chi connectivity index (χ1n) is 9.73. The zero-order valence-electron chi connectivity index (χ0n) is 18.4. The van der Waals surface area contributed by atoms with Gasteiger partial charge in [0.1, 0.15) is 5.69 Å². The Labute approximate surface area is 190 Å². The highest BCUT2D eigenvalue weighted by atomic mass is 32.2. The fourth-order valence-electron chi connectivity index (χ4n) is 3.47. The Morgan fingerprint density at radius 3 is 2.21 bits per heavy atom. The van der Waals surface area contributed by atoms with Crippen LogP contribution in [0.4, 0.5) is 0 Å². The van der Waals surface area contributed by atoms with Gasteiger partial charge in [0.15, 0.2) is 40.9 Å². The molecule has 0 amide bonds. The van der Waals surface area contributed by atoms with Crippen LogP contribution in [0.3, 0.4) is 0 Å².